The van der Waals surface area contributed by atoms with Gasteiger partial charge in [-0.1, -0.05) is 55.8 Å². The van der Waals surface area contributed by atoms with Crippen LogP contribution in [0, 0.1) is 35.5 Å². The molecule has 3 nitrogen and oxygen atoms in total. The van der Waals surface area contributed by atoms with Crippen molar-refractivity contribution in [3.05, 3.63) is 47.5 Å². The first kappa shape index (κ1) is 15.3. The molecule has 0 radical (unpaired) electrons. The number of hydrogen-bond acceptors (Lipinski definition) is 3. The molecule has 0 saturated heterocycles. The molecule has 0 bridgehead atoms. The Morgan fingerprint density at radius 3 is 2.76 bits per heavy atom. The fourth-order valence-electron chi connectivity index (χ4n) is 2.89. The van der Waals surface area contributed by atoms with Gasteiger partial charge in [-0.05, 0) is 25.2 Å². The van der Waals surface area contributed by atoms with E-state index in [9.17, 15) is 10.1 Å². The summed E-state index contributed by atoms with van der Waals surface area (Å²) in [5, 5.41) is 9.28. The summed E-state index contributed by atoms with van der Waals surface area (Å²) in [6, 6.07) is 9.58. The van der Waals surface area contributed by atoms with Crippen molar-refractivity contribution >= 4 is 5.97 Å². The van der Waals surface area contributed by atoms with Gasteiger partial charge in [0, 0.05) is 5.56 Å². The number of carbonyl (C=O) groups is 1. The highest BCUT2D eigenvalue weighted by molar-refractivity contribution is 5.78. The van der Waals surface area contributed by atoms with Gasteiger partial charge in [-0.2, -0.15) is 5.26 Å². The fraction of sp³-hybridized carbons (Fsp3) is 0.444. The third kappa shape index (κ3) is 3.00. The highest BCUT2D eigenvalue weighted by Crippen LogP contribution is 2.59. The zero-order chi connectivity index (χ0) is 15.6. The van der Waals surface area contributed by atoms with E-state index >= 15 is 0 Å². The van der Waals surface area contributed by atoms with Gasteiger partial charge in [-0.25, -0.2) is 0 Å². The molecule has 0 aliphatic heterocycles. The van der Waals surface area contributed by atoms with E-state index in [0.717, 1.165) is 11.1 Å². The Labute approximate surface area is 126 Å². The van der Waals surface area contributed by atoms with Crippen LogP contribution in [0.3, 0.4) is 0 Å². The van der Waals surface area contributed by atoms with Crippen molar-refractivity contribution in [2.75, 3.05) is 0 Å². The number of hydrogen-bond donors (Lipinski definition) is 0. The number of carbonyl (C=O) groups excluding carboxylic acids is 1. The normalized spacial score (nSPS) is 24.3. The van der Waals surface area contributed by atoms with Gasteiger partial charge >= 0.3 is 5.97 Å². The Morgan fingerprint density at radius 2 is 2.19 bits per heavy atom. The van der Waals surface area contributed by atoms with Crippen molar-refractivity contribution in [1.82, 2.24) is 0 Å². The second-order valence-corrected chi connectivity index (χ2v) is 6.21. The van der Waals surface area contributed by atoms with E-state index in [1.54, 1.807) is 0 Å². The van der Waals surface area contributed by atoms with Crippen molar-refractivity contribution in [3.8, 4) is 6.07 Å². The first-order valence-electron chi connectivity index (χ1n) is 7.21. The zero-order valence-electron chi connectivity index (χ0n) is 13.0. The molecule has 0 spiro atoms. The van der Waals surface area contributed by atoms with Gasteiger partial charge in [0.1, 0.15) is 6.07 Å². The maximum absolute atomic E-state index is 12.3. The number of aryl methyl sites for hydroxylation is 1. The van der Waals surface area contributed by atoms with Gasteiger partial charge in [-0.3, -0.25) is 4.79 Å². The predicted molar refractivity (Wildman–Crippen MR) is 81.2 cm³/mol. The molecule has 0 heterocycles. The van der Waals surface area contributed by atoms with E-state index in [4.69, 9.17) is 4.74 Å². The van der Waals surface area contributed by atoms with Gasteiger partial charge in [-0.15, -0.1) is 0 Å². The molecule has 1 aromatic rings. The number of nitriles is 1. The lowest BCUT2D eigenvalue weighted by Gasteiger charge is -2.12. The van der Waals surface area contributed by atoms with Crippen LogP contribution in [-0.4, -0.2) is 5.97 Å². The number of rotatable bonds is 4. The summed E-state index contributed by atoms with van der Waals surface area (Å²) in [7, 11) is 0. The fourth-order valence-corrected chi connectivity index (χ4v) is 2.89. The highest BCUT2D eigenvalue weighted by Gasteiger charge is 2.61. The molecule has 1 aliphatic carbocycles. The molecule has 2 rings (SSSR count). The van der Waals surface area contributed by atoms with Crippen LogP contribution in [0.5, 0.6) is 0 Å². The minimum Gasteiger partial charge on any atom is -0.442 e. The molecule has 3 atom stereocenters. The number of nitrogens with zero attached hydrogens (tertiary/aromatic N) is 1. The Balaban J connectivity index is 2.10. The number of ether oxygens (including phenoxy) is 1. The van der Waals surface area contributed by atoms with Crippen molar-refractivity contribution in [3.63, 3.8) is 0 Å². The molecule has 0 aromatic heterocycles. The van der Waals surface area contributed by atoms with E-state index < -0.39 is 6.10 Å². The molecule has 1 fully saturated rings. The molecule has 21 heavy (non-hydrogen) atoms. The van der Waals surface area contributed by atoms with Gasteiger partial charge < -0.3 is 4.74 Å². The summed E-state index contributed by atoms with van der Waals surface area (Å²) < 4.78 is 5.44. The molecule has 110 valence electrons. The van der Waals surface area contributed by atoms with Crippen molar-refractivity contribution in [2.45, 2.75) is 33.8 Å². The van der Waals surface area contributed by atoms with E-state index in [-0.39, 0.29) is 23.2 Å². The topological polar surface area (TPSA) is 50.1 Å². The van der Waals surface area contributed by atoms with Gasteiger partial charge in [0.2, 0.25) is 6.10 Å². The van der Waals surface area contributed by atoms with Gasteiger partial charge in [0.25, 0.3) is 0 Å². The molecular formula is C18H21NO2. The number of benzene rings is 1. The van der Waals surface area contributed by atoms with Gasteiger partial charge in [0.05, 0.1) is 5.92 Å². The molecule has 3 unspecified atom stereocenters. The lowest BCUT2D eigenvalue weighted by Crippen LogP contribution is -2.14. The van der Waals surface area contributed by atoms with Crippen molar-refractivity contribution in [2.24, 2.45) is 17.3 Å². The molecule has 0 amide bonds. The van der Waals surface area contributed by atoms with Crippen LogP contribution < -0.4 is 0 Å². The molecule has 3 heteroatoms. The Kier molecular flexibility index (Phi) is 4.18. The maximum Gasteiger partial charge on any atom is 0.311 e. The van der Waals surface area contributed by atoms with Gasteiger partial charge in [0.15, 0.2) is 0 Å². The van der Waals surface area contributed by atoms with Crippen LogP contribution in [0.2, 0.25) is 0 Å². The largest absolute Gasteiger partial charge is 0.442 e. The summed E-state index contributed by atoms with van der Waals surface area (Å²) in [5.74, 6) is -0.239. The first-order valence-corrected chi connectivity index (χ1v) is 7.21. The van der Waals surface area contributed by atoms with E-state index in [2.05, 4.69) is 19.9 Å². The van der Waals surface area contributed by atoms with Crippen LogP contribution in [0.4, 0.5) is 0 Å². The standard InChI is InChI=1S/C18H21NO2/c1-5-7-14-16(18(14,3)4)17(20)21-15(11-19)13-9-6-8-12(2)10-13/h5-10,14-16H,1-4H3. The summed E-state index contributed by atoms with van der Waals surface area (Å²) in [6.45, 7) is 8.00. The second-order valence-electron chi connectivity index (χ2n) is 6.21. The maximum atomic E-state index is 12.3. The minimum absolute atomic E-state index is 0.0871. The zero-order valence-corrected chi connectivity index (χ0v) is 13.0. The SMILES string of the molecule is CC=CC1C(C(=O)OC(C#N)c2cccc(C)c2)C1(C)C. The first-order chi connectivity index (χ1) is 9.91. The summed E-state index contributed by atoms with van der Waals surface area (Å²) >= 11 is 0. The van der Waals surface area contributed by atoms with Crippen LogP contribution >= 0.6 is 0 Å². The van der Waals surface area contributed by atoms with E-state index in [0.29, 0.717) is 0 Å². The summed E-state index contributed by atoms with van der Waals surface area (Å²) in [6.07, 6.45) is 3.17. The molecule has 1 saturated carbocycles. The predicted octanol–water partition coefficient (Wildman–Crippen LogP) is 3.95. The average Bonchev–Trinajstić information content (AvgIpc) is 2.97. The Morgan fingerprint density at radius 1 is 1.48 bits per heavy atom. The monoisotopic (exact) mass is 283 g/mol. The van der Waals surface area contributed by atoms with Crippen LogP contribution in [-0.2, 0) is 9.53 Å². The molecule has 1 aliphatic rings. The average molecular weight is 283 g/mol. The summed E-state index contributed by atoms with van der Waals surface area (Å²) in [4.78, 5) is 12.3. The van der Waals surface area contributed by atoms with Crippen molar-refractivity contribution < 1.29 is 9.53 Å². The molecule has 1 aromatic carbocycles. The van der Waals surface area contributed by atoms with Crippen LogP contribution in [0.15, 0.2) is 36.4 Å². The lowest BCUT2D eigenvalue weighted by atomic mass is 10.1. The lowest BCUT2D eigenvalue weighted by molar-refractivity contribution is -0.149. The van der Waals surface area contributed by atoms with E-state index in [1.165, 1.54) is 0 Å². The van der Waals surface area contributed by atoms with Crippen molar-refractivity contribution in [1.29, 1.82) is 5.26 Å². The second kappa shape index (κ2) is 5.73. The third-order valence-corrected chi connectivity index (χ3v) is 4.26. The third-order valence-electron chi connectivity index (χ3n) is 4.26. The Hall–Kier alpha value is -2.08. The van der Waals surface area contributed by atoms with E-state index in [1.807, 2.05) is 50.3 Å². The Bertz CT molecular complexity index is 610. The van der Waals surface area contributed by atoms with Crippen LogP contribution in [0.25, 0.3) is 0 Å². The molecular weight excluding hydrogens is 262 g/mol. The quantitative estimate of drug-likeness (QED) is 0.621. The number of esters is 1. The molecule has 0 N–H and O–H groups in total. The van der Waals surface area contributed by atoms with Crippen LogP contribution in [0.1, 0.15) is 38.0 Å². The smallest absolute Gasteiger partial charge is 0.311 e. The highest BCUT2D eigenvalue weighted by atomic mass is 16.5. The minimum atomic E-state index is -0.833. The summed E-state index contributed by atoms with van der Waals surface area (Å²) in [5.41, 5.74) is 1.69. The number of allylic oxidation sites excluding steroid dienone is 2.